The molecule has 1 atom stereocenters. The summed E-state index contributed by atoms with van der Waals surface area (Å²) in [4.78, 5) is 11.4. The molecular formula is C8H10ClNO2S. The van der Waals surface area contributed by atoms with Gasteiger partial charge in [0.15, 0.2) is 0 Å². The van der Waals surface area contributed by atoms with Crippen LogP contribution in [-0.2, 0) is 11.2 Å². The Bertz CT molecular complexity index is 324. The minimum Gasteiger partial charge on any atom is -0.481 e. The van der Waals surface area contributed by atoms with Gasteiger partial charge in [0.1, 0.15) is 0 Å². The number of rotatable bonds is 3. The zero-order valence-electron chi connectivity index (χ0n) is 7.37. The van der Waals surface area contributed by atoms with E-state index >= 15 is 0 Å². The monoisotopic (exact) mass is 219 g/mol. The average molecular weight is 220 g/mol. The van der Waals surface area contributed by atoms with Crippen LogP contribution in [0.3, 0.4) is 0 Å². The molecule has 0 aliphatic rings. The minimum atomic E-state index is -0.804. The van der Waals surface area contributed by atoms with Crippen molar-refractivity contribution in [2.24, 2.45) is 5.92 Å². The van der Waals surface area contributed by atoms with Gasteiger partial charge in [-0.1, -0.05) is 18.5 Å². The van der Waals surface area contributed by atoms with E-state index in [4.69, 9.17) is 16.7 Å². The Morgan fingerprint density at radius 2 is 2.38 bits per heavy atom. The predicted molar refractivity (Wildman–Crippen MR) is 52.4 cm³/mol. The molecule has 13 heavy (non-hydrogen) atoms. The summed E-state index contributed by atoms with van der Waals surface area (Å²) in [5.74, 6) is -1.21. The van der Waals surface area contributed by atoms with Crippen molar-refractivity contribution < 1.29 is 9.90 Å². The second kappa shape index (κ2) is 4.07. The Labute approximate surface area is 85.5 Å². The first-order valence-corrected chi connectivity index (χ1v) is 5.01. The maximum Gasteiger partial charge on any atom is 0.306 e. The van der Waals surface area contributed by atoms with E-state index in [1.165, 1.54) is 11.5 Å². The van der Waals surface area contributed by atoms with Gasteiger partial charge in [-0.25, -0.2) is 0 Å². The zero-order valence-corrected chi connectivity index (χ0v) is 8.95. The molecule has 0 amide bonds. The minimum absolute atomic E-state index is 0.405. The lowest BCUT2D eigenvalue weighted by molar-refractivity contribution is -0.141. The highest BCUT2D eigenvalue weighted by Crippen LogP contribution is 2.26. The normalized spacial score (nSPS) is 12.8. The molecule has 0 aliphatic carbocycles. The third kappa shape index (κ3) is 2.42. The summed E-state index contributed by atoms with van der Waals surface area (Å²) in [5, 5.41) is 9.29. The van der Waals surface area contributed by atoms with Gasteiger partial charge in [0.2, 0.25) is 0 Å². The topological polar surface area (TPSA) is 50.2 Å². The van der Waals surface area contributed by atoms with Crippen molar-refractivity contribution >= 4 is 29.1 Å². The zero-order chi connectivity index (χ0) is 10.0. The highest BCUT2D eigenvalue weighted by Gasteiger charge is 2.16. The van der Waals surface area contributed by atoms with Crippen LogP contribution in [0.25, 0.3) is 0 Å². The molecule has 0 radical (unpaired) electrons. The maximum absolute atomic E-state index is 10.6. The molecule has 0 saturated heterocycles. The first-order valence-electron chi connectivity index (χ1n) is 3.85. The molecule has 1 unspecified atom stereocenters. The van der Waals surface area contributed by atoms with E-state index in [0.29, 0.717) is 11.4 Å². The van der Waals surface area contributed by atoms with Crippen molar-refractivity contribution in [3.05, 3.63) is 15.6 Å². The Kier molecular flexibility index (Phi) is 3.27. The molecule has 1 heterocycles. The van der Waals surface area contributed by atoms with Crippen LogP contribution in [0.1, 0.15) is 17.5 Å². The average Bonchev–Trinajstić information content (AvgIpc) is 2.36. The summed E-state index contributed by atoms with van der Waals surface area (Å²) in [7, 11) is 0. The van der Waals surface area contributed by atoms with Crippen LogP contribution in [0.4, 0.5) is 0 Å². The van der Waals surface area contributed by atoms with Crippen molar-refractivity contribution in [2.75, 3.05) is 0 Å². The number of hydrogen-bond donors (Lipinski definition) is 1. The SMILES string of the molecule is Cc1nsc(CC(C)C(=O)O)c1Cl. The summed E-state index contributed by atoms with van der Waals surface area (Å²) in [6, 6.07) is 0. The molecule has 0 fully saturated rings. The van der Waals surface area contributed by atoms with Crippen molar-refractivity contribution in [3.8, 4) is 0 Å². The Balaban J connectivity index is 2.74. The van der Waals surface area contributed by atoms with E-state index in [1.54, 1.807) is 6.92 Å². The first kappa shape index (κ1) is 10.5. The molecular weight excluding hydrogens is 210 g/mol. The van der Waals surface area contributed by atoms with Crippen LogP contribution in [-0.4, -0.2) is 15.4 Å². The van der Waals surface area contributed by atoms with Crippen LogP contribution in [0.2, 0.25) is 5.02 Å². The fourth-order valence-electron chi connectivity index (χ4n) is 0.898. The standard InChI is InChI=1S/C8H10ClNO2S/c1-4(8(11)12)3-6-7(9)5(2)10-13-6/h4H,3H2,1-2H3,(H,11,12). The molecule has 0 aromatic carbocycles. The molecule has 0 saturated carbocycles. The number of aliphatic carboxylic acids is 1. The fourth-order valence-corrected chi connectivity index (χ4v) is 2.06. The van der Waals surface area contributed by atoms with Crippen molar-refractivity contribution in [2.45, 2.75) is 20.3 Å². The number of nitrogens with zero attached hydrogens (tertiary/aromatic N) is 1. The fraction of sp³-hybridized carbons (Fsp3) is 0.500. The number of carboxylic acids is 1. The van der Waals surface area contributed by atoms with Crippen LogP contribution in [0.5, 0.6) is 0 Å². The molecule has 72 valence electrons. The van der Waals surface area contributed by atoms with Gasteiger partial charge in [-0.2, -0.15) is 4.37 Å². The highest BCUT2D eigenvalue weighted by molar-refractivity contribution is 7.06. The Morgan fingerprint density at radius 1 is 1.77 bits per heavy atom. The third-order valence-electron chi connectivity index (χ3n) is 1.77. The van der Waals surface area contributed by atoms with Crippen LogP contribution in [0, 0.1) is 12.8 Å². The van der Waals surface area contributed by atoms with E-state index in [9.17, 15) is 4.79 Å². The summed E-state index contributed by atoms with van der Waals surface area (Å²) in [6.07, 6.45) is 0.458. The van der Waals surface area contributed by atoms with Gasteiger partial charge in [-0.3, -0.25) is 4.79 Å². The lowest BCUT2D eigenvalue weighted by atomic mass is 10.1. The lowest BCUT2D eigenvalue weighted by Gasteiger charge is -2.02. The number of halogens is 1. The maximum atomic E-state index is 10.6. The number of aryl methyl sites for hydroxylation is 1. The predicted octanol–water partition coefficient (Wildman–Crippen LogP) is 2.37. The molecule has 1 aromatic rings. The number of carboxylic acid groups (broad SMARTS) is 1. The van der Waals surface area contributed by atoms with Crippen molar-refractivity contribution in [1.82, 2.24) is 4.37 Å². The van der Waals surface area contributed by atoms with Crippen LogP contribution in [0.15, 0.2) is 0 Å². The van der Waals surface area contributed by atoms with Crippen molar-refractivity contribution in [1.29, 1.82) is 0 Å². The number of carbonyl (C=O) groups is 1. The Hall–Kier alpha value is -0.610. The number of hydrogen-bond acceptors (Lipinski definition) is 3. The van der Waals surface area contributed by atoms with E-state index in [1.807, 2.05) is 6.92 Å². The summed E-state index contributed by atoms with van der Waals surface area (Å²) in [6.45, 7) is 3.47. The van der Waals surface area contributed by atoms with Gasteiger partial charge in [0, 0.05) is 4.88 Å². The van der Waals surface area contributed by atoms with Crippen LogP contribution >= 0.6 is 23.1 Å². The molecule has 5 heteroatoms. The molecule has 0 aliphatic heterocycles. The highest BCUT2D eigenvalue weighted by atomic mass is 35.5. The van der Waals surface area contributed by atoms with Gasteiger partial charge < -0.3 is 5.11 Å². The third-order valence-corrected chi connectivity index (χ3v) is 3.34. The summed E-state index contributed by atoms with van der Waals surface area (Å²) < 4.78 is 4.05. The van der Waals surface area contributed by atoms with Crippen LogP contribution < -0.4 is 0 Å². The van der Waals surface area contributed by atoms with Gasteiger partial charge in [0.25, 0.3) is 0 Å². The molecule has 1 aromatic heterocycles. The Morgan fingerprint density at radius 3 is 2.77 bits per heavy atom. The van der Waals surface area contributed by atoms with E-state index in [-0.39, 0.29) is 0 Å². The van der Waals surface area contributed by atoms with Gasteiger partial charge in [-0.15, -0.1) is 0 Å². The molecule has 1 N–H and O–H groups in total. The summed E-state index contributed by atoms with van der Waals surface area (Å²) >= 11 is 7.19. The van der Waals surface area contributed by atoms with Gasteiger partial charge in [-0.05, 0) is 24.9 Å². The molecule has 3 nitrogen and oxygen atoms in total. The lowest BCUT2D eigenvalue weighted by Crippen LogP contribution is -2.11. The summed E-state index contributed by atoms with van der Waals surface area (Å²) in [5.41, 5.74) is 0.777. The molecule has 0 spiro atoms. The largest absolute Gasteiger partial charge is 0.481 e. The van der Waals surface area contributed by atoms with E-state index in [2.05, 4.69) is 4.37 Å². The molecule has 1 rings (SSSR count). The smallest absolute Gasteiger partial charge is 0.306 e. The van der Waals surface area contributed by atoms with Crippen molar-refractivity contribution in [3.63, 3.8) is 0 Å². The molecule has 0 bridgehead atoms. The quantitative estimate of drug-likeness (QED) is 0.849. The van der Waals surface area contributed by atoms with E-state index in [0.717, 1.165) is 10.6 Å². The van der Waals surface area contributed by atoms with E-state index < -0.39 is 11.9 Å². The number of aromatic nitrogens is 1. The first-order chi connectivity index (χ1) is 6.02. The van der Waals surface area contributed by atoms with Gasteiger partial charge in [0.05, 0.1) is 16.6 Å². The second-order valence-electron chi connectivity index (χ2n) is 2.95. The second-order valence-corrected chi connectivity index (χ2v) is 4.18. The van der Waals surface area contributed by atoms with Gasteiger partial charge >= 0.3 is 5.97 Å².